The first kappa shape index (κ1) is 9.92. The van der Waals surface area contributed by atoms with Crippen molar-refractivity contribution in [2.75, 3.05) is 5.88 Å². The van der Waals surface area contributed by atoms with Crippen LogP contribution in [-0.2, 0) is 4.79 Å². The summed E-state index contributed by atoms with van der Waals surface area (Å²) in [6, 6.07) is -0.363. The van der Waals surface area contributed by atoms with Crippen LogP contribution in [0.3, 0.4) is 0 Å². The van der Waals surface area contributed by atoms with E-state index in [1.807, 2.05) is 13.8 Å². The molecule has 0 rings (SSSR count). The summed E-state index contributed by atoms with van der Waals surface area (Å²) in [5, 5.41) is 0. The number of nitrogens with two attached hydrogens (primary N) is 1. The lowest BCUT2D eigenvalue weighted by atomic mass is 10.0. The van der Waals surface area contributed by atoms with Gasteiger partial charge in [0.2, 0.25) is 0 Å². The summed E-state index contributed by atoms with van der Waals surface area (Å²) in [4.78, 5) is 10.8. The Bertz CT molecular complexity index is 114. The molecule has 0 aromatic heterocycles. The SMILES string of the molecule is CC(C)C[C@@H](N)C(=O)CCl. The predicted octanol–water partition coefficient (Wildman–Crippen LogP) is 1.17. The fourth-order valence-corrected chi connectivity index (χ4v) is 0.937. The molecule has 0 fully saturated rings. The zero-order chi connectivity index (χ0) is 8.15. The highest BCUT2D eigenvalue weighted by molar-refractivity contribution is 6.28. The molecular weight excluding hydrogens is 150 g/mol. The maximum Gasteiger partial charge on any atom is 0.164 e. The number of halogens is 1. The van der Waals surface area contributed by atoms with Gasteiger partial charge < -0.3 is 5.73 Å². The summed E-state index contributed by atoms with van der Waals surface area (Å²) < 4.78 is 0. The van der Waals surface area contributed by atoms with Gasteiger partial charge in [-0.05, 0) is 12.3 Å². The highest BCUT2D eigenvalue weighted by Gasteiger charge is 2.12. The van der Waals surface area contributed by atoms with Crippen LogP contribution in [0.1, 0.15) is 20.3 Å². The Labute approximate surface area is 66.7 Å². The molecule has 0 saturated heterocycles. The third-order valence-electron chi connectivity index (χ3n) is 1.27. The average molecular weight is 164 g/mol. The second-order valence-electron chi connectivity index (χ2n) is 2.84. The normalized spacial score (nSPS) is 13.7. The smallest absolute Gasteiger partial charge is 0.164 e. The largest absolute Gasteiger partial charge is 0.321 e. The van der Waals surface area contributed by atoms with E-state index < -0.39 is 0 Å². The molecule has 0 aromatic carbocycles. The Morgan fingerprint density at radius 1 is 1.60 bits per heavy atom. The Morgan fingerprint density at radius 3 is 2.40 bits per heavy atom. The van der Waals surface area contributed by atoms with Crippen LogP contribution < -0.4 is 5.73 Å². The van der Waals surface area contributed by atoms with Crippen molar-refractivity contribution in [1.82, 2.24) is 0 Å². The lowest BCUT2D eigenvalue weighted by Crippen LogP contribution is -2.32. The summed E-state index contributed by atoms with van der Waals surface area (Å²) in [6.45, 7) is 4.06. The van der Waals surface area contributed by atoms with E-state index >= 15 is 0 Å². The summed E-state index contributed by atoms with van der Waals surface area (Å²) in [7, 11) is 0. The van der Waals surface area contributed by atoms with Crippen LogP contribution in [-0.4, -0.2) is 17.7 Å². The number of carbonyl (C=O) groups excluding carboxylic acids is 1. The second kappa shape index (κ2) is 4.69. The van der Waals surface area contributed by atoms with E-state index in [1.54, 1.807) is 0 Å². The van der Waals surface area contributed by atoms with Gasteiger partial charge in [-0.1, -0.05) is 13.8 Å². The third kappa shape index (κ3) is 3.85. The van der Waals surface area contributed by atoms with E-state index in [1.165, 1.54) is 0 Å². The molecule has 0 aliphatic rings. The van der Waals surface area contributed by atoms with Gasteiger partial charge in [0.15, 0.2) is 5.78 Å². The van der Waals surface area contributed by atoms with Gasteiger partial charge in [0.05, 0.1) is 11.9 Å². The number of alkyl halides is 1. The van der Waals surface area contributed by atoms with Crippen LogP contribution in [0.4, 0.5) is 0 Å². The maximum absolute atomic E-state index is 10.8. The number of carbonyl (C=O) groups is 1. The fraction of sp³-hybridized carbons (Fsp3) is 0.857. The van der Waals surface area contributed by atoms with Crippen LogP contribution in [0.15, 0.2) is 0 Å². The molecule has 0 heterocycles. The van der Waals surface area contributed by atoms with E-state index in [4.69, 9.17) is 17.3 Å². The number of hydrogen-bond acceptors (Lipinski definition) is 2. The first-order valence-electron chi connectivity index (χ1n) is 3.42. The minimum Gasteiger partial charge on any atom is -0.321 e. The van der Waals surface area contributed by atoms with Gasteiger partial charge in [-0.3, -0.25) is 4.79 Å². The highest BCUT2D eigenvalue weighted by atomic mass is 35.5. The molecule has 0 amide bonds. The van der Waals surface area contributed by atoms with Crippen LogP contribution >= 0.6 is 11.6 Å². The zero-order valence-electron chi connectivity index (χ0n) is 6.43. The summed E-state index contributed by atoms with van der Waals surface area (Å²) in [5.41, 5.74) is 5.49. The molecule has 0 radical (unpaired) electrons. The number of rotatable bonds is 4. The van der Waals surface area contributed by atoms with Gasteiger partial charge in [0.25, 0.3) is 0 Å². The molecule has 2 N–H and O–H groups in total. The van der Waals surface area contributed by atoms with Gasteiger partial charge in [-0.2, -0.15) is 0 Å². The molecule has 0 aliphatic heterocycles. The maximum atomic E-state index is 10.8. The predicted molar refractivity (Wildman–Crippen MR) is 43.2 cm³/mol. The Morgan fingerprint density at radius 2 is 2.10 bits per heavy atom. The molecule has 0 aromatic rings. The van der Waals surface area contributed by atoms with Crippen LogP contribution in [0.2, 0.25) is 0 Å². The van der Waals surface area contributed by atoms with Crippen LogP contribution in [0, 0.1) is 5.92 Å². The van der Waals surface area contributed by atoms with E-state index in [-0.39, 0.29) is 17.7 Å². The van der Waals surface area contributed by atoms with Crippen molar-refractivity contribution in [3.05, 3.63) is 0 Å². The third-order valence-corrected chi connectivity index (χ3v) is 1.53. The van der Waals surface area contributed by atoms with E-state index in [9.17, 15) is 4.79 Å². The molecule has 0 unspecified atom stereocenters. The van der Waals surface area contributed by atoms with E-state index in [2.05, 4.69) is 0 Å². The number of ketones is 1. The number of hydrogen-bond donors (Lipinski definition) is 1. The van der Waals surface area contributed by atoms with Crippen molar-refractivity contribution >= 4 is 17.4 Å². The lowest BCUT2D eigenvalue weighted by Gasteiger charge is -2.10. The van der Waals surface area contributed by atoms with Gasteiger partial charge in [0.1, 0.15) is 0 Å². The molecule has 0 spiro atoms. The molecular formula is C7H14ClNO. The van der Waals surface area contributed by atoms with Gasteiger partial charge >= 0.3 is 0 Å². The van der Waals surface area contributed by atoms with E-state index in [0.717, 1.165) is 6.42 Å². The second-order valence-corrected chi connectivity index (χ2v) is 3.10. The number of Topliss-reactive ketones (excluding diaryl/α,β-unsaturated/α-hetero) is 1. The fourth-order valence-electron chi connectivity index (χ4n) is 0.738. The Hall–Kier alpha value is -0.0800. The van der Waals surface area contributed by atoms with Gasteiger partial charge in [-0.25, -0.2) is 0 Å². The molecule has 0 bridgehead atoms. The van der Waals surface area contributed by atoms with Gasteiger partial charge in [-0.15, -0.1) is 11.6 Å². The van der Waals surface area contributed by atoms with E-state index in [0.29, 0.717) is 5.92 Å². The molecule has 0 saturated carbocycles. The molecule has 10 heavy (non-hydrogen) atoms. The zero-order valence-corrected chi connectivity index (χ0v) is 7.19. The highest BCUT2D eigenvalue weighted by Crippen LogP contribution is 2.03. The van der Waals surface area contributed by atoms with Gasteiger partial charge in [0, 0.05) is 0 Å². The monoisotopic (exact) mass is 163 g/mol. The van der Waals surface area contributed by atoms with Crippen LogP contribution in [0.5, 0.6) is 0 Å². The molecule has 60 valence electrons. The first-order chi connectivity index (χ1) is 4.57. The summed E-state index contributed by atoms with van der Waals surface area (Å²) in [6.07, 6.45) is 0.728. The van der Waals surface area contributed by atoms with Crippen molar-refractivity contribution in [2.24, 2.45) is 11.7 Å². The quantitative estimate of drug-likeness (QED) is 0.633. The van der Waals surface area contributed by atoms with Crippen molar-refractivity contribution in [1.29, 1.82) is 0 Å². The van der Waals surface area contributed by atoms with Crippen molar-refractivity contribution in [3.8, 4) is 0 Å². The minimum atomic E-state index is -0.363. The molecule has 1 atom stereocenters. The van der Waals surface area contributed by atoms with Crippen molar-refractivity contribution in [2.45, 2.75) is 26.3 Å². The molecule has 2 nitrogen and oxygen atoms in total. The van der Waals surface area contributed by atoms with Crippen LogP contribution in [0.25, 0.3) is 0 Å². The Balaban J connectivity index is 3.61. The summed E-state index contributed by atoms with van der Waals surface area (Å²) >= 11 is 5.30. The molecule has 0 aliphatic carbocycles. The summed E-state index contributed by atoms with van der Waals surface area (Å²) in [5.74, 6) is 0.436. The topological polar surface area (TPSA) is 43.1 Å². The first-order valence-corrected chi connectivity index (χ1v) is 3.95. The lowest BCUT2D eigenvalue weighted by molar-refractivity contribution is -0.118. The van der Waals surface area contributed by atoms with Crippen molar-refractivity contribution < 1.29 is 4.79 Å². The average Bonchev–Trinajstić information content (AvgIpc) is 1.85. The van der Waals surface area contributed by atoms with Crippen molar-refractivity contribution in [3.63, 3.8) is 0 Å². The Kier molecular flexibility index (Phi) is 4.65. The minimum absolute atomic E-state index is 0.0356. The molecule has 3 heteroatoms. The standard InChI is InChI=1S/C7H14ClNO/c1-5(2)3-6(9)7(10)4-8/h5-6H,3-4,9H2,1-2H3/t6-/m1/s1.